The molecular weight excluding hydrogens is 425 g/mol. The van der Waals surface area contributed by atoms with Crippen LogP contribution in [0.5, 0.6) is 0 Å². The number of sulfone groups is 1. The maximum atomic E-state index is 12.5. The molecule has 1 N–H and O–H groups in total. The van der Waals surface area contributed by atoms with Crippen LogP contribution < -0.4 is 0 Å². The molecule has 0 atom stereocenters. The lowest BCUT2D eigenvalue weighted by Crippen LogP contribution is -2.17. The molecule has 0 aliphatic heterocycles. The fraction of sp³-hybridized carbons (Fsp3) is 0.111. The molecule has 4 rings (SSSR count). The molecule has 0 saturated heterocycles. The Hall–Kier alpha value is -3.54. The van der Waals surface area contributed by atoms with E-state index in [2.05, 4.69) is 24.6 Å². The average molecular weight is 436 g/mol. The maximum Gasteiger partial charge on any atom is 0.471 e. The zero-order valence-corrected chi connectivity index (χ0v) is 15.7. The van der Waals surface area contributed by atoms with Gasteiger partial charge < -0.3 is 9.51 Å². The van der Waals surface area contributed by atoms with E-state index in [0.717, 1.165) is 0 Å². The molecule has 0 fully saturated rings. The van der Waals surface area contributed by atoms with Gasteiger partial charge in [0.1, 0.15) is 5.75 Å². The van der Waals surface area contributed by atoms with Gasteiger partial charge in [-0.3, -0.25) is 4.79 Å². The van der Waals surface area contributed by atoms with Crippen molar-refractivity contribution >= 4 is 26.7 Å². The highest BCUT2D eigenvalue weighted by molar-refractivity contribution is 7.92. The number of halogens is 3. The molecule has 0 aliphatic carbocycles. The van der Waals surface area contributed by atoms with E-state index in [1.807, 2.05) is 0 Å². The first-order valence-electron chi connectivity index (χ1n) is 8.35. The topological polar surface area (TPSA) is 119 Å². The normalized spacial score (nSPS) is 12.4. The van der Waals surface area contributed by atoms with Gasteiger partial charge in [0.25, 0.3) is 0 Å². The smallest absolute Gasteiger partial charge is 0.329 e. The third-order valence-electron chi connectivity index (χ3n) is 4.12. The first kappa shape index (κ1) is 19.8. The molecule has 12 heteroatoms. The Morgan fingerprint density at radius 1 is 1.03 bits per heavy atom. The highest BCUT2D eigenvalue weighted by Gasteiger charge is 2.38. The van der Waals surface area contributed by atoms with Crippen LogP contribution >= 0.6 is 0 Å². The predicted molar refractivity (Wildman–Crippen MR) is 97.2 cm³/mol. The van der Waals surface area contributed by atoms with Gasteiger partial charge in [0.15, 0.2) is 5.78 Å². The Labute approximate surface area is 166 Å². The van der Waals surface area contributed by atoms with Crippen LogP contribution in [-0.2, 0) is 16.0 Å². The molecule has 4 aromatic rings. The molecule has 154 valence electrons. The van der Waals surface area contributed by atoms with Crippen molar-refractivity contribution in [1.29, 1.82) is 0 Å². The van der Waals surface area contributed by atoms with Crippen molar-refractivity contribution in [1.82, 2.24) is 20.1 Å². The van der Waals surface area contributed by atoms with Crippen molar-refractivity contribution in [3.63, 3.8) is 0 Å². The highest BCUT2D eigenvalue weighted by atomic mass is 32.2. The molecule has 0 unspecified atom stereocenters. The fourth-order valence-corrected chi connectivity index (χ4v) is 3.81. The van der Waals surface area contributed by atoms with E-state index in [4.69, 9.17) is 0 Å². The lowest BCUT2D eigenvalue weighted by atomic mass is 10.1. The number of Topliss-reactive ketones (excluding diaryl/α,β-unsaturated/α-hetero) is 1. The monoisotopic (exact) mass is 436 g/mol. The zero-order valence-electron chi connectivity index (χ0n) is 14.8. The summed E-state index contributed by atoms with van der Waals surface area (Å²) >= 11 is 0. The number of H-pyrrole nitrogens is 1. The first-order chi connectivity index (χ1) is 14.1. The molecule has 30 heavy (non-hydrogen) atoms. The number of para-hydroxylation sites is 2. The number of carbonyl (C=O) groups is 1. The highest BCUT2D eigenvalue weighted by Crippen LogP contribution is 2.29. The van der Waals surface area contributed by atoms with Gasteiger partial charge in [0.05, 0.1) is 11.0 Å². The van der Waals surface area contributed by atoms with Gasteiger partial charge in [-0.25, -0.2) is 13.4 Å². The summed E-state index contributed by atoms with van der Waals surface area (Å²) in [5.74, 6) is -3.33. The van der Waals surface area contributed by atoms with Crippen LogP contribution in [0.25, 0.3) is 22.4 Å². The summed E-state index contributed by atoms with van der Waals surface area (Å²) in [7, 11) is -4.03. The summed E-state index contributed by atoms with van der Waals surface area (Å²) in [5, 5.41) is 2.93. The molecule has 0 amide bonds. The number of ketones is 1. The second-order valence-corrected chi connectivity index (χ2v) is 8.14. The fourth-order valence-electron chi connectivity index (χ4n) is 2.66. The van der Waals surface area contributed by atoms with Gasteiger partial charge in [0, 0.05) is 11.1 Å². The van der Waals surface area contributed by atoms with E-state index in [1.54, 1.807) is 24.3 Å². The van der Waals surface area contributed by atoms with E-state index < -0.39 is 33.4 Å². The molecule has 8 nitrogen and oxygen atoms in total. The summed E-state index contributed by atoms with van der Waals surface area (Å²) in [6, 6.07) is 11.8. The summed E-state index contributed by atoms with van der Waals surface area (Å²) < 4.78 is 66.8. The standard InChI is InChI=1S/C18H11F3N4O4S/c19-18(20,21)16-24-15(25-29-16)11-7-5-10(6-8-11)14(26)9-30(27,28)17-22-12-3-1-2-4-13(12)23-17/h1-8H,9H2,(H,22,23). The number of nitrogens with one attached hydrogen (secondary N) is 1. The number of aromatic nitrogens is 4. The largest absolute Gasteiger partial charge is 0.471 e. The van der Waals surface area contributed by atoms with Crippen LogP contribution in [0.4, 0.5) is 13.2 Å². The third kappa shape index (κ3) is 3.81. The van der Waals surface area contributed by atoms with Gasteiger partial charge >= 0.3 is 12.1 Å². The van der Waals surface area contributed by atoms with E-state index >= 15 is 0 Å². The number of nitrogens with zero attached hydrogens (tertiary/aromatic N) is 3. The number of carbonyl (C=O) groups excluding carboxylic acids is 1. The molecule has 2 aromatic carbocycles. The van der Waals surface area contributed by atoms with Gasteiger partial charge in [-0.05, 0) is 12.1 Å². The van der Waals surface area contributed by atoms with Crippen LogP contribution in [0.2, 0.25) is 0 Å². The molecule has 0 radical (unpaired) electrons. The van der Waals surface area contributed by atoms with Crippen LogP contribution in [0, 0.1) is 0 Å². The number of aromatic amines is 1. The lowest BCUT2D eigenvalue weighted by Gasteiger charge is -2.02. The lowest BCUT2D eigenvalue weighted by molar-refractivity contribution is -0.159. The minimum atomic E-state index is -4.77. The molecule has 2 aromatic heterocycles. The van der Waals surface area contributed by atoms with Crippen LogP contribution in [0.1, 0.15) is 16.2 Å². The van der Waals surface area contributed by atoms with Gasteiger partial charge in [-0.15, -0.1) is 0 Å². The molecular formula is C18H11F3N4O4S. The number of imidazole rings is 1. The van der Waals surface area contributed by atoms with Crippen LogP contribution in [-0.4, -0.2) is 40.1 Å². The molecule has 0 saturated carbocycles. The Bertz CT molecular complexity index is 1310. The van der Waals surface area contributed by atoms with E-state index in [9.17, 15) is 26.4 Å². The quantitative estimate of drug-likeness (QED) is 0.477. The predicted octanol–water partition coefficient (Wildman–Crippen LogP) is 3.29. The first-order valence-corrected chi connectivity index (χ1v) is 10.0. The molecule has 0 spiro atoms. The molecule has 2 heterocycles. The summed E-state index contributed by atoms with van der Waals surface area (Å²) in [4.78, 5) is 22.3. The Kier molecular flexibility index (Phi) is 4.65. The van der Waals surface area contributed by atoms with Crippen molar-refractivity contribution in [3.05, 3.63) is 60.0 Å². The summed E-state index contributed by atoms with van der Waals surface area (Å²) in [6.07, 6.45) is -4.77. The van der Waals surface area contributed by atoms with Crippen LogP contribution in [0.3, 0.4) is 0 Å². The number of hydrogen-bond acceptors (Lipinski definition) is 7. The molecule has 0 aliphatic rings. The van der Waals surface area contributed by atoms with Gasteiger partial charge in [-0.1, -0.05) is 41.6 Å². The van der Waals surface area contributed by atoms with E-state index in [-0.39, 0.29) is 22.1 Å². The Morgan fingerprint density at radius 3 is 2.37 bits per heavy atom. The van der Waals surface area contributed by atoms with E-state index in [0.29, 0.717) is 11.0 Å². The second-order valence-electron chi connectivity index (χ2n) is 6.24. The second kappa shape index (κ2) is 7.06. The minimum Gasteiger partial charge on any atom is -0.329 e. The summed E-state index contributed by atoms with van der Waals surface area (Å²) in [6.45, 7) is 0. The molecule has 0 bridgehead atoms. The maximum absolute atomic E-state index is 12.5. The number of rotatable bonds is 5. The minimum absolute atomic E-state index is 0.0537. The van der Waals surface area contributed by atoms with Crippen molar-refractivity contribution in [2.75, 3.05) is 5.75 Å². The number of alkyl halides is 3. The average Bonchev–Trinajstić information content (AvgIpc) is 3.35. The van der Waals surface area contributed by atoms with Crippen molar-refractivity contribution in [2.24, 2.45) is 0 Å². The van der Waals surface area contributed by atoms with E-state index in [1.165, 1.54) is 24.3 Å². The van der Waals surface area contributed by atoms with Crippen molar-refractivity contribution in [3.8, 4) is 11.4 Å². The Balaban J connectivity index is 1.53. The number of benzene rings is 2. The van der Waals surface area contributed by atoms with Crippen molar-refractivity contribution in [2.45, 2.75) is 11.3 Å². The summed E-state index contributed by atoms with van der Waals surface area (Å²) in [5.41, 5.74) is 1.20. The third-order valence-corrected chi connectivity index (χ3v) is 5.54. The SMILES string of the molecule is O=C(CS(=O)(=O)c1nc2ccccc2[nH]1)c1ccc(-c2noc(C(F)(F)F)n2)cc1. The Morgan fingerprint density at radius 2 is 1.73 bits per heavy atom. The van der Waals surface area contributed by atoms with Crippen molar-refractivity contribution < 1.29 is 30.9 Å². The number of hydrogen-bond donors (Lipinski definition) is 1. The van der Waals surface area contributed by atoms with Crippen LogP contribution in [0.15, 0.2) is 58.2 Å². The number of fused-ring (bicyclic) bond motifs is 1. The van der Waals surface area contributed by atoms with Gasteiger partial charge in [0.2, 0.25) is 20.8 Å². The van der Waals surface area contributed by atoms with Gasteiger partial charge in [-0.2, -0.15) is 18.2 Å². The zero-order chi connectivity index (χ0) is 21.5.